The molecular formula is C18H33NO2. The molecule has 4 atom stereocenters. The van der Waals surface area contributed by atoms with Crippen molar-refractivity contribution >= 4 is 0 Å². The zero-order valence-electron chi connectivity index (χ0n) is 13.7. The SMILES string of the molecule is CC1CCCC(OCCC2CCCC2(CO)NC2CC2)C1. The van der Waals surface area contributed by atoms with Gasteiger partial charge in [-0.15, -0.1) is 0 Å². The molecule has 0 spiro atoms. The van der Waals surface area contributed by atoms with Gasteiger partial charge in [-0.1, -0.05) is 26.2 Å². The van der Waals surface area contributed by atoms with Crippen LogP contribution in [0.5, 0.6) is 0 Å². The fourth-order valence-electron chi connectivity index (χ4n) is 4.55. The van der Waals surface area contributed by atoms with E-state index in [1.165, 1.54) is 51.4 Å². The van der Waals surface area contributed by atoms with Crippen LogP contribution in [0.1, 0.15) is 71.1 Å². The molecule has 2 N–H and O–H groups in total. The molecule has 3 nitrogen and oxygen atoms in total. The van der Waals surface area contributed by atoms with Crippen LogP contribution in [-0.2, 0) is 4.74 Å². The average Bonchev–Trinajstić information content (AvgIpc) is 3.20. The van der Waals surface area contributed by atoms with Gasteiger partial charge in [0.15, 0.2) is 0 Å². The zero-order chi connectivity index (χ0) is 14.7. The molecule has 3 aliphatic carbocycles. The number of hydrogen-bond acceptors (Lipinski definition) is 3. The van der Waals surface area contributed by atoms with Crippen LogP contribution in [-0.4, -0.2) is 36.0 Å². The number of rotatable bonds is 7. The predicted octanol–water partition coefficient (Wildman–Crippen LogP) is 3.26. The van der Waals surface area contributed by atoms with E-state index in [2.05, 4.69) is 12.2 Å². The average molecular weight is 295 g/mol. The molecule has 0 aromatic rings. The van der Waals surface area contributed by atoms with E-state index >= 15 is 0 Å². The van der Waals surface area contributed by atoms with Crippen LogP contribution in [0.25, 0.3) is 0 Å². The number of aliphatic hydroxyl groups is 1. The lowest BCUT2D eigenvalue weighted by Gasteiger charge is -2.36. The molecule has 3 saturated carbocycles. The quantitative estimate of drug-likeness (QED) is 0.757. The second-order valence-corrected chi connectivity index (χ2v) is 7.88. The van der Waals surface area contributed by atoms with E-state index in [0.29, 0.717) is 24.7 Å². The van der Waals surface area contributed by atoms with Crippen LogP contribution in [0.2, 0.25) is 0 Å². The molecule has 0 amide bonds. The van der Waals surface area contributed by atoms with Crippen molar-refractivity contribution in [2.75, 3.05) is 13.2 Å². The molecule has 0 saturated heterocycles. The first kappa shape index (κ1) is 15.8. The number of aliphatic hydroxyl groups excluding tert-OH is 1. The van der Waals surface area contributed by atoms with Crippen molar-refractivity contribution in [1.82, 2.24) is 5.32 Å². The summed E-state index contributed by atoms with van der Waals surface area (Å²) in [5.41, 5.74) is 0.00435. The molecule has 0 bridgehead atoms. The summed E-state index contributed by atoms with van der Waals surface area (Å²) in [7, 11) is 0. The number of hydrogen-bond donors (Lipinski definition) is 2. The molecule has 0 aromatic heterocycles. The summed E-state index contributed by atoms with van der Waals surface area (Å²) >= 11 is 0. The summed E-state index contributed by atoms with van der Waals surface area (Å²) in [5, 5.41) is 13.7. The standard InChI is InChI=1S/C18H33NO2/c1-14-4-2-6-17(12-14)21-11-9-15-5-3-10-18(15,13-20)19-16-7-8-16/h14-17,19-20H,2-13H2,1H3. The first-order valence-corrected chi connectivity index (χ1v) is 9.22. The fraction of sp³-hybridized carbons (Fsp3) is 1.00. The number of ether oxygens (including phenoxy) is 1. The highest BCUT2D eigenvalue weighted by molar-refractivity contribution is 5.02. The van der Waals surface area contributed by atoms with Crippen LogP contribution in [0.4, 0.5) is 0 Å². The molecule has 0 aromatic carbocycles. The third-order valence-corrected chi connectivity index (χ3v) is 6.02. The van der Waals surface area contributed by atoms with Crippen LogP contribution in [0, 0.1) is 11.8 Å². The predicted molar refractivity (Wildman–Crippen MR) is 85.3 cm³/mol. The van der Waals surface area contributed by atoms with E-state index < -0.39 is 0 Å². The lowest BCUT2D eigenvalue weighted by atomic mass is 9.85. The van der Waals surface area contributed by atoms with E-state index in [-0.39, 0.29) is 5.54 Å². The molecule has 3 rings (SSSR count). The maximum absolute atomic E-state index is 9.94. The van der Waals surface area contributed by atoms with E-state index in [4.69, 9.17) is 4.74 Å². The largest absolute Gasteiger partial charge is 0.394 e. The van der Waals surface area contributed by atoms with E-state index in [1.807, 2.05) is 0 Å². The zero-order valence-corrected chi connectivity index (χ0v) is 13.7. The van der Waals surface area contributed by atoms with Crippen molar-refractivity contribution < 1.29 is 9.84 Å². The van der Waals surface area contributed by atoms with E-state index in [1.54, 1.807) is 0 Å². The maximum atomic E-state index is 9.94. The van der Waals surface area contributed by atoms with Crippen molar-refractivity contribution in [3.8, 4) is 0 Å². The molecule has 21 heavy (non-hydrogen) atoms. The Hall–Kier alpha value is -0.120. The highest BCUT2D eigenvalue weighted by Crippen LogP contribution is 2.40. The smallest absolute Gasteiger partial charge is 0.0616 e. The van der Waals surface area contributed by atoms with Gasteiger partial charge in [-0.3, -0.25) is 0 Å². The minimum Gasteiger partial charge on any atom is -0.394 e. The Labute approximate surface area is 129 Å². The molecule has 3 heteroatoms. The molecule has 0 aliphatic heterocycles. The highest BCUT2D eigenvalue weighted by Gasteiger charge is 2.44. The summed E-state index contributed by atoms with van der Waals surface area (Å²) in [5.74, 6) is 1.44. The van der Waals surface area contributed by atoms with Crippen molar-refractivity contribution in [2.45, 2.75) is 88.8 Å². The fourth-order valence-corrected chi connectivity index (χ4v) is 4.55. The normalized spacial score (nSPS) is 40.6. The minimum atomic E-state index is 0.00435. The molecule has 0 heterocycles. The van der Waals surface area contributed by atoms with Gasteiger partial charge in [-0.25, -0.2) is 0 Å². The van der Waals surface area contributed by atoms with Gasteiger partial charge in [0.25, 0.3) is 0 Å². The van der Waals surface area contributed by atoms with Gasteiger partial charge in [-0.05, 0) is 56.8 Å². The van der Waals surface area contributed by atoms with Crippen molar-refractivity contribution in [3.63, 3.8) is 0 Å². The maximum Gasteiger partial charge on any atom is 0.0616 e. The Balaban J connectivity index is 1.44. The monoisotopic (exact) mass is 295 g/mol. The molecule has 3 aliphatic rings. The Morgan fingerprint density at radius 3 is 2.71 bits per heavy atom. The lowest BCUT2D eigenvalue weighted by Crippen LogP contribution is -2.52. The Morgan fingerprint density at radius 1 is 1.14 bits per heavy atom. The third kappa shape index (κ3) is 4.00. The van der Waals surface area contributed by atoms with Gasteiger partial charge in [0.05, 0.1) is 12.7 Å². The van der Waals surface area contributed by atoms with Crippen LogP contribution in [0.3, 0.4) is 0 Å². The molecule has 4 unspecified atom stereocenters. The Kier molecular flexibility index (Phi) is 5.23. The van der Waals surface area contributed by atoms with Crippen molar-refractivity contribution in [2.24, 2.45) is 11.8 Å². The summed E-state index contributed by atoms with van der Waals surface area (Å²) in [6, 6.07) is 0.679. The second-order valence-electron chi connectivity index (χ2n) is 7.88. The third-order valence-electron chi connectivity index (χ3n) is 6.02. The Bertz CT molecular complexity index is 331. The summed E-state index contributed by atoms with van der Waals surface area (Å²) in [6.07, 6.45) is 13.1. The summed E-state index contributed by atoms with van der Waals surface area (Å²) in [6.45, 7) is 3.54. The van der Waals surface area contributed by atoms with Gasteiger partial charge in [0, 0.05) is 18.2 Å². The van der Waals surface area contributed by atoms with Gasteiger partial charge in [0.2, 0.25) is 0 Å². The lowest BCUT2D eigenvalue weighted by molar-refractivity contribution is 0.00137. The van der Waals surface area contributed by atoms with E-state index in [9.17, 15) is 5.11 Å². The first-order valence-electron chi connectivity index (χ1n) is 9.22. The van der Waals surface area contributed by atoms with Crippen molar-refractivity contribution in [3.05, 3.63) is 0 Å². The van der Waals surface area contributed by atoms with E-state index in [0.717, 1.165) is 25.4 Å². The van der Waals surface area contributed by atoms with Gasteiger partial charge in [-0.2, -0.15) is 0 Å². The van der Waals surface area contributed by atoms with Gasteiger partial charge < -0.3 is 15.2 Å². The Morgan fingerprint density at radius 2 is 2.00 bits per heavy atom. The molecule has 122 valence electrons. The molecule has 3 fully saturated rings. The molecule has 0 radical (unpaired) electrons. The first-order chi connectivity index (χ1) is 10.2. The van der Waals surface area contributed by atoms with Crippen molar-refractivity contribution in [1.29, 1.82) is 0 Å². The summed E-state index contributed by atoms with van der Waals surface area (Å²) in [4.78, 5) is 0. The van der Waals surface area contributed by atoms with Gasteiger partial charge >= 0.3 is 0 Å². The second kappa shape index (κ2) is 6.97. The van der Waals surface area contributed by atoms with Crippen LogP contribution in [0.15, 0.2) is 0 Å². The number of nitrogens with one attached hydrogen (secondary N) is 1. The topological polar surface area (TPSA) is 41.5 Å². The van der Waals surface area contributed by atoms with Crippen LogP contribution < -0.4 is 5.32 Å². The highest BCUT2D eigenvalue weighted by atomic mass is 16.5. The minimum absolute atomic E-state index is 0.00435. The van der Waals surface area contributed by atoms with Crippen LogP contribution >= 0.6 is 0 Å². The summed E-state index contributed by atoms with van der Waals surface area (Å²) < 4.78 is 6.16. The van der Waals surface area contributed by atoms with Gasteiger partial charge in [0.1, 0.15) is 0 Å². The molecular weight excluding hydrogens is 262 g/mol.